The number of nitrogens with one attached hydrogen (secondary N) is 1. The van der Waals surface area contributed by atoms with Gasteiger partial charge in [-0.05, 0) is 24.3 Å². The van der Waals surface area contributed by atoms with E-state index in [2.05, 4.69) is 20.2 Å². The zero-order chi connectivity index (χ0) is 15.2. The zero-order valence-corrected chi connectivity index (χ0v) is 11.9. The third kappa shape index (κ3) is 3.35. The minimum atomic E-state index is -0.106. The van der Waals surface area contributed by atoms with Gasteiger partial charge in [0, 0.05) is 18.6 Å². The van der Waals surface area contributed by atoms with E-state index in [1.165, 1.54) is 6.20 Å². The Labute approximate surface area is 127 Å². The summed E-state index contributed by atoms with van der Waals surface area (Å²) in [5.41, 5.74) is 2.18. The molecule has 0 fully saturated rings. The number of amides is 1. The molecule has 6 nitrogen and oxygen atoms in total. The fraction of sp³-hybridized carbons (Fsp3) is 0.125. The van der Waals surface area contributed by atoms with Gasteiger partial charge in [-0.25, -0.2) is 0 Å². The molecule has 1 N–H and O–H groups in total. The summed E-state index contributed by atoms with van der Waals surface area (Å²) >= 11 is 0. The number of nitrogens with zero attached hydrogens (tertiary/aromatic N) is 4. The molecule has 0 aromatic carbocycles. The van der Waals surface area contributed by atoms with Crippen LogP contribution in [-0.2, 0) is 13.1 Å². The molecule has 3 aromatic heterocycles. The highest BCUT2D eigenvalue weighted by atomic mass is 16.2. The van der Waals surface area contributed by atoms with Crippen LogP contribution < -0.4 is 0 Å². The van der Waals surface area contributed by atoms with Crippen molar-refractivity contribution in [3.63, 3.8) is 0 Å². The van der Waals surface area contributed by atoms with E-state index in [4.69, 9.17) is 0 Å². The molecule has 3 heterocycles. The predicted octanol–water partition coefficient (Wildman–Crippen LogP) is 2.04. The normalized spacial score (nSPS) is 10.4. The van der Waals surface area contributed by atoms with Gasteiger partial charge in [0.05, 0.1) is 36.2 Å². The van der Waals surface area contributed by atoms with Crippen molar-refractivity contribution in [2.24, 2.45) is 0 Å². The Kier molecular flexibility index (Phi) is 4.20. The highest BCUT2D eigenvalue weighted by Gasteiger charge is 2.18. The topological polar surface area (TPSA) is 74.8 Å². The first-order valence-corrected chi connectivity index (χ1v) is 6.91. The molecule has 0 bridgehead atoms. The Bertz CT molecular complexity index is 671. The smallest absolute Gasteiger partial charge is 0.257 e. The molecule has 0 aliphatic rings. The molecular weight excluding hydrogens is 278 g/mol. The van der Waals surface area contributed by atoms with E-state index in [9.17, 15) is 4.79 Å². The number of rotatable bonds is 5. The second-order valence-electron chi connectivity index (χ2n) is 4.79. The summed E-state index contributed by atoms with van der Waals surface area (Å²) in [5, 5.41) is 6.50. The number of hydrogen-bond donors (Lipinski definition) is 1. The molecule has 0 saturated carbocycles. The molecular formula is C16H15N5O. The first-order chi connectivity index (χ1) is 10.8. The molecule has 0 saturated heterocycles. The largest absolute Gasteiger partial charge is 0.327 e. The number of carbonyl (C=O) groups excluding carboxylic acids is 1. The van der Waals surface area contributed by atoms with Gasteiger partial charge in [0.1, 0.15) is 0 Å². The fourth-order valence-electron chi connectivity index (χ4n) is 2.12. The molecule has 22 heavy (non-hydrogen) atoms. The monoisotopic (exact) mass is 293 g/mol. The van der Waals surface area contributed by atoms with E-state index in [1.807, 2.05) is 36.4 Å². The highest BCUT2D eigenvalue weighted by Crippen LogP contribution is 2.11. The van der Waals surface area contributed by atoms with Crippen LogP contribution in [0.1, 0.15) is 21.7 Å². The van der Waals surface area contributed by atoms with Crippen LogP contribution in [0.2, 0.25) is 0 Å². The van der Waals surface area contributed by atoms with E-state index in [-0.39, 0.29) is 5.91 Å². The maximum Gasteiger partial charge on any atom is 0.257 e. The summed E-state index contributed by atoms with van der Waals surface area (Å²) in [6, 6.07) is 11.3. The second kappa shape index (κ2) is 6.62. The predicted molar refractivity (Wildman–Crippen MR) is 80.6 cm³/mol. The number of aromatic amines is 1. The number of carbonyl (C=O) groups is 1. The van der Waals surface area contributed by atoms with Gasteiger partial charge in [-0.1, -0.05) is 12.1 Å². The molecule has 0 spiro atoms. The van der Waals surface area contributed by atoms with Crippen LogP contribution in [-0.4, -0.2) is 31.0 Å². The van der Waals surface area contributed by atoms with Crippen molar-refractivity contribution in [3.8, 4) is 0 Å². The number of hydrogen-bond acceptors (Lipinski definition) is 4. The lowest BCUT2D eigenvalue weighted by Crippen LogP contribution is -2.30. The molecule has 0 unspecified atom stereocenters. The van der Waals surface area contributed by atoms with Crippen molar-refractivity contribution in [1.29, 1.82) is 0 Å². The standard InChI is InChI=1S/C16H15N5O/c22-16(13-9-19-20-10-13)21(11-14-5-1-3-7-17-14)12-15-6-2-4-8-18-15/h1-10H,11-12H2,(H,19,20). The number of aromatic nitrogens is 4. The number of pyridine rings is 2. The summed E-state index contributed by atoms with van der Waals surface area (Å²) in [6.07, 6.45) is 6.55. The van der Waals surface area contributed by atoms with Crippen LogP contribution in [0.25, 0.3) is 0 Å². The molecule has 0 aliphatic carbocycles. The first-order valence-electron chi connectivity index (χ1n) is 6.91. The van der Waals surface area contributed by atoms with E-state index >= 15 is 0 Å². The van der Waals surface area contributed by atoms with E-state index in [0.717, 1.165) is 11.4 Å². The molecule has 3 rings (SSSR count). The molecule has 0 aliphatic heterocycles. The first kappa shape index (κ1) is 13.9. The molecule has 1 amide bonds. The third-order valence-electron chi connectivity index (χ3n) is 3.19. The SMILES string of the molecule is O=C(c1cn[nH]c1)N(Cc1ccccn1)Cc1ccccn1. The Morgan fingerprint density at radius 1 is 1.00 bits per heavy atom. The average Bonchev–Trinajstić information content (AvgIpc) is 3.10. The Morgan fingerprint density at radius 3 is 2.09 bits per heavy atom. The van der Waals surface area contributed by atoms with Gasteiger partial charge >= 0.3 is 0 Å². The fourth-order valence-corrected chi connectivity index (χ4v) is 2.12. The van der Waals surface area contributed by atoms with Gasteiger partial charge < -0.3 is 4.90 Å². The molecule has 3 aromatic rings. The van der Waals surface area contributed by atoms with Crippen molar-refractivity contribution >= 4 is 5.91 Å². The van der Waals surface area contributed by atoms with Crippen LogP contribution in [0.15, 0.2) is 61.2 Å². The van der Waals surface area contributed by atoms with Crippen LogP contribution >= 0.6 is 0 Å². The van der Waals surface area contributed by atoms with Gasteiger partial charge in [0.2, 0.25) is 0 Å². The zero-order valence-electron chi connectivity index (χ0n) is 11.9. The van der Waals surface area contributed by atoms with Gasteiger partial charge in [0.15, 0.2) is 0 Å². The second-order valence-corrected chi connectivity index (χ2v) is 4.79. The Morgan fingerprint density at radius 2 is 1.64 bits per heavy atom. The van der Waals surface area contributed by atoms with Gasteiger partial charge in [-0.3, -0.25) is 19.9 Å². The third-order valence-corrected chi connectivity index (χ3v) is 3.19. The summed E-state index contributed by atoms with van der Waals surface area (Å²) < 4.78 is 0. The van der Waals surface area contributed by atoms with E-state index in [1.54, 1.807) is 23.5 Å². The van der Waals surface area contributed by atoms with E-state index in [0.29, 0.717) is 18.7 Å². The van der Waals surface area contributed by atoms with Crippen molar-refractivity contribution in [1.82, 2.24) is 25.1 Å². The minimum absolute atomic E-state index is 0.106. The van der Waals surface area contributed by atoms with Crippen molar-refractivity contribution in [2.75, 3.05) is 0 Å². The molecule has 110 valence electrons. The summed E-state index contributed by atoms with van der Waals surface area (Å²) in [4.78, 5) is 22.9. The minimum Gasteiger partial charge on any atom is -0.327 e. The maximum atomic E-state index is 12.6. The van der Waals surface area contributed by atoms with Crippen molar-refractivity contribution in [3.05, 3.63) is 78.1 Å². The average molecular weight is 293 g/mol. The van der Waals surface area contributed by atoms with Crippen molar-refractivity contribution in [2.45, 2.75) is 13.1 Å². The van der Waals surface area contributed by atoms with Gasteiger partial charge in [-0.2, -0.15) is 5.10 Å². The van der Waals surface area contributed by atoms with Crippen molar-refractivity contribution < 1.29 is 4.79 Å². The lowest BCUT2D eigenvalue weighted by molar-refractivity contribution is 0.0725. The van der Waals surface area contributed by atoms with Crippen LogP contribution in [0.4, 0.5) is 0 Å². The maximum absolute atomic E-state index is 12.6. The van der Waals surface area contributed by atoms with Crippen LogP contribution in [0.5, 0.6) is 0 Å². The lowest BCUT2D eigenvalue weighted by atomic mass is 10.2. The van der Waals surface area contributed by atoms with Gasteiger partial charge in [-0.15, -0.1) is 0 Å². The van der Waals surface area contributed by atoms with E-state index < -0.39 is 0 Å². The highest BCUT2D eigenvalue weighted by molar-refractivity contribution is 5.93. The number of H-pyrrole nitrogens is 1. The summed E-state index contributed by atoms with van der Waals surface area (Å²) in [6.45, 7) is 0.836. The Balaban J connectivity index is 1.83. The molecule has 0 radical (unpaired) electrons. The summed E-state index contributed by atoms with van der Waals surface area (Å²) in [5.74, 6) is -0.106. The molecule has 6 heteroatoms. The summed E-state index contributed by atoms with van der Waals surface area (Å²) in [7, 11) is 0. The van der Waals surface area contributed by atoms with Crippen LogP contribution in [0.3, 0.4) is 0 Å². The van der Waals surface area contributed by atoms with Crippen LogP contribution in [0, 0.1) is 0 Å². The molecule has 0 atom stereocenters. The quantitative estimate of drug-likeness (QED) is 0.781. The Hall–Kier alpha value is -3.02. The lowest BCUT2D eigenvalue weighted by Gasteiger charge is -2.21. The van der Waals surface area contributed by atoms with Gasteiger partial charge in [0.25, 0.3) is 5.91 Å².